The number of nitrogen functional groups attached to an aromatic ring is 1. The van der Waals surface area contributed by atoms with E-state index in [0.29, 0.717) is 39.9 Å². The Morgan fingerprint density at radius 1 is 1.20 bits per heavy atom. The van der Waals surface area contributed by atoms with Gasteiger partial charge in [-0.25, -0.2) is 0 Å². The Labute approximate surface area is 183 Å². The van der Waals surface area contributed by atoms with Crippen molar-refractivity contribution in [2.24, 2.45) is 0 Å². The molecule has 154 valence electrons. The predicted molar refractivity (Wildman–Crippen MR) is 121 cm³/mol. The van der Waals surface area contributed by atoms with E-state index in [2.05, 4.69) is 5.32 Å². The van der Waals surface area contributed by atoms with Gasteiger partial charge in [-0.3, -0.25) is 9.59 Å². The number of nitrogens with one attached hydrogen (secondary N) is 1. The van der Waals surface area contributed by atoms with Crippen LogP contribution in [0.15, 0.2) is 42.5 Å². The molecule has 0 saturated heterocycles. The summed E-state index contributed by atoms with van der Waals surface area (Å²) >= 11 is 7.79. The second-order valence-corrected chi connectivity index (χ2v) is 8.39. The van der Waals surface area contributed by atoms with Gasteiger partial charge in [-0.2, -0.15) is 0 Å². The molecule has 0 aliphatic carbocycles. The highest BCUT2D eigenvalue weighted by molar-refractivity contribution is 7.17. The van der Waals surface area contributed by atoms with E-state index in [1.54, 1.807) is 32.3 Å². The van der Waals surface area contributed by atoms with Gasteiger partial charge in [0.15, 0.2) is 0 Å². The van der Waals surface area contributed by atoms with Gasteiger partial charge in [-0.05, 0) is 42.0 Å². The number of anilines is 2. The molecule has 8 heteroatoms. The standard InChI is InChI=1S/C22H20ClN3O3S/c1-25-21(27)13-3-6-17(16(23)9-13)26(2)22(28)19-10-12-7-8-29-18-11-14(24)4-5-15(18)20(12)30-19/h3-6,9-11H,7-8,24H2,1-2H3,(H,25,27). The molecule has 0 spiro atoms. The SMILES string of the molecule is CNC(=O)c1ccc(N(C)C(=O)c2cc3c(s2)-c2ccc(N)cc2OCC3)c(Cl)c1. The third-order valence-corrected chi connectivity index (χ3v) is 6.50. The van der Waals surface area contributed by atoms with Crippen LogP contribution in [0.1, 0.15) is 25.6 Å². The lowest BCUT2D eigenvalue weighted by atomic mass is 10.1. The lowest BCUT2D eigenvalue weighted by molar-refractivity contribution is 0.0962. The van der Waals surface area contributed by atoms with E-state index in [1.165, 1.54) is 16.2 Å². The minimum atomic E-state index is -0.235. The molecule has 4 rings (SSSR count). The van der Waals surface area contributed by atoms with Crippen molar-refractivity contribution >= 4 is 46.1 Å². The van der Waals surface area contributed by atoms with Crippen molar-refractivity contribution in [1.82, 2.24) is 5.32 Å². The maximum atomic E-state index is 13.2. The first-order valence-corrected chi connectivity index (χ1v) is 10.5. The third kappa shape index (κ3) is 3.62. The van der Waals surface area contributed by atoms with E-state index in [0.717, 1.165) is 21.8 Å². The van der Waals surface area contributed by atoms with Crippen LogP contribution < -0.4 is 20.7 Å². The van der Waals surface area contributed by atoms with Crippen LogP contribution in [0.25, 0.3) is 10.4 Å². The fourth-order valence-electron chi connectivity index (χ4n) is 3.40. The Morgan fingerprint density at radius 2 is 2.00 bits per heavy atom. The van der Waals surface area contributed by atoms with Gasteiger partial charge in [-0.15, -0.1) is 11.3 Å². The molecule has 1 aliphatic rings. The van der Waals surface area contributed by atoms with Crippen LogP contribution in [-0.2, 0) is 6.42 Å². The van der Waals surface area contributed by atoms with Crippen LogP contribution >= 0.6 is 22.9 Å². The van der Waals surface area contributed by atoms with E-state index in [-0.39, 0.29) is 11.8 Å². The number of fused-ring (bicyclic) bond motifs is 3. The third-order valence-electron chi connectivity index (χ3n) is 5.00. The molecular weight excluding hydrogens is 422 g/mol. The molecule has 0 atom stereocenters. The lowest BCUT2D eigenvalue weighted by Crippen LogP contribution is -2.26. The number of ether oxygens (including phenoxy) is 1. The summed E-state index contributed by atoms with van der Waals surface area (Å²) in [6.45, 7) is 0.524. The zero-order valence-electron chi connectivity index (χ0n) is 16.5. The van der Waals surface area contributed by atoms with Crippen molar-refractivity contribution in [3.63, 3.8) is 0 Å². The summed E-state index contributed by atoms with van der Waals surface area (Å²) in [4.78, 5) is 28.1. The highest BCUT2D eigenvalue weighted by Gasteiger charge is 2.24. The van der Waals surface area contributed by atoms with E-state index < -0.39 is 0 Å². The van der Waals surface area contributed by atoms with Crippen LogP contribution in [0.2, 0.25) is 5.02 Å². The fourth-order valence-corrected chi connectivity index (χ4v) is 4.93. The van der Waals surface area contributed by atoms with Crippen molar-refractivity contribution in [3.8, 4) is 16.2 Å². The zero-order chi connectivity index (χ0) is 21.4. The number of hydrogen-bond acceptors (Lipinski definition) is 5. The summed E-state index contributed by atoms with van der Waals surface area (Å²) in [6.07, 6.45) is 0.707. The average molecular weight is 442 g/mol. The number of hydrogen-bond donors (Lipinski definition) is 2. The Balaban J connectivity index is 1.66. The van der Waals surface area contributed by atoms with Gasteiger partial charge in [-0.1, -0.05) is 11.6 Å². The molecule has 2 aromatic carbocycles. The molecule has 6 nitrogen and oxygen atoms in total. The second-order valence-electron chi connectivity index (χ2n) is 6.93. The van der Waals surface area contributed by atoms with Gasteiger partial charge in [0.25, 0.3) is 11.8 Å². The van der Waals surface area contributed by atoms with E-state index in [9.17, 15) is 9.59 Å². The quantitative estimate of drug-likeness (QED) is 0.596. The summed E-state index contributed by atoms with van der Waals surface area (Å²) in [6, 6.07) is 12.4. The molecule has 2 heterocycles. The molecule has 1 aromatic heterocycles. The van der Waals surface area contributed by atoms with Gasteiger partial charge in [0.2, 0.25) is 0 Å². The maximum Gasteiger partial charge on any atom is 0.268 e. The van der Waals surface area contributed by atoms with E-state index >= 15 is 0 Å². The number of nitrogens with two attached hydrogens (primary N) is 1. The number of thiophene rings is 1. The molecule has 3 N–H and O–H groups in total. The van der Waals surface area contributed by atoms with Gasteiger partial charge < -0.3 is 20.7 Å². The highest BCUT2D eigenvalue weighted by Crippen LogP contribution is 2.42. The average Bonchev–Trinajstić information content (AvgIpc) is 3.08. The van der Waals surface area contributed by atoms with Crippen molar-refractivity contribution < 1.29 is 14.3 Å². The molecule has 0 fully saturated rings. The molecule has 0 saturated carbocycles. The maximum absolute atomic E-state index is 13.2. The molecule has 1 aliphatic heterocycles. The Hall–Kier alpha value is -3.03. The number of halogens is 1. The normalized spacial score (nSPS) is 12.2. The molecule has 3 aromatic rings. The van der Waals surface area contributed by atoms with Crippen molar-refractivity contribution in [3.05, 3.63) is 63.5 Å². The van der Waals surface area contributed by atoms with Crippen LogP contribution in [0, 0.1) is 0 Å². The molecule has 0 bridgehead atoms. The Kier molecular flexibility index (Phi) is 5.40. The first-order chi connectivity index (χ1) is 14.4. The van der Waals surface area contributed by atoms with Gasteiger partial charge in [0.05, 0.1) is 22.2 Å². The van der Waals surface area contributed by atoms with Gasteiger partial charge >= 0.3 is 0 Å². The first-order valence-electron chi connectivity index (χ1n) is 9.34. The van der Waals surface area contributed by atoms with Crippen molar-refractivity contribution in [1.29, 1.82) is 0 Å². The fraction of sp³-hybridized carbons (Fsp3) is 0.182. The van der Waals surface area contributed by atoms with E-state index in [1.807, 2.05) is 24.3 Å². The lowest BCUT2D eigenvalue weighted by Gasteiger charge is -2.18. The number of nitrogens with zero attached hydrogens (tertiary/aromatic N) is 1. The largest absolute Gasteiger partial charge is 0.492 e. The van der Waals surface area contributed by atoms with Crippen molar-refractivity contribution in [2.75, 3.05) is 31.3 Å². The second kappa shape index (κ2) is 8.01. The van der Waals surface area contributed by atoms with Crippen LogP contribution in [0.5, 0.6) is 5.75 Å². The van der Waals surface area contributed by atoms with E-state index in [4.69, 9.17) is 22.1 Å². The van der Waals surface area contributed by atoms with Gasteiger partial charge in [0.1, 0.15) is 5.75 Å². The minimum absolute atomic E-state index is 0.166. The number of amides is 2. The Morgan fingerprint density at radius 3 is 2.73 bits per heavy atom. The van der Waals surface area contributed by atoms with Crippen molar-refractivity contribution in [2.45, 2.75) is 6.42 Å². The summed E-state index contributed by atoms with van der Waals surface area (Å²) < 4.78 is 5.82. The summed E-state index contributed by atoms with van der Waals surface area (Å²) in [7, 11) is 3.23. The molecule has 2 amide bonds. The Bertz CT molecular complexity index is 1160. The minimum Gasteiger partial charge on any atom is -0.492 e. The zero-order valence-corrected chi connectivity index (χ0v) is 18.1. The van der Waals surface area contributed by atoms with Gasteiger partial charge in [0, 0.05) is 48.3 Å². The number of carbonyl (C=O) groups excluding carboxylic acids is 2. The topological polar surface area (TPSA) is 84.7 Å². The van der Waals surface area contributed by atoms with Crippen LogP contribution in [0.4, 0.5) is 11.4 Å². The summed E-state index contributed by atoms with van der Waals surface area (Å²) in [5.41, 5.74) is 9.51. The first kappa shape index (κ1) is 20.3. The smallest absolute Gasteiger partial charge is 0.268 e. The number of benzene rings is 2. The summed E-state index contributed by atoms with van der Waals surface area (Å²) in [5, 5.41) is 2.89. The number of rotatable bonds is 3. The summed E-state index contributed by atoms with van der Waals surface area (Å²) in [5.74, 6) is 0.331. The van der Waals surface area contributed by atoms with Crippen LogP contribution in [0.3, 0.4) is 0 Å². The highest BCUT2D eigenvalue weighted by atomic mass is 35.5. The molecular formula is C22H20ClN3O3S. The monoisotopic (exact) mass is 441 g/mol. The molecule has 0 radical (unpaired) electrons. The molecule has 30 heavy (non-hydrogen) atoms. The predicted octanol–water partition coefficient (Wildman–Crippen LogP) is 4.22. The number of carbonyl (C=O) groups is 2. The van der Waals surface area contributed by atoms with Crippen LogP contribution in [-0.4, -0.2) is 32.5 Å². The molecule has 0 unspecified atom stereocenters.